The van der Waals surface area contributed by atoms with Crippen molar-refractivity contribution in [1.29, 1.82) is 0 Å². The van der Waals surface area contributed by atoms with Crippen molar-refractivity contribution < 1.29 is 17.6 Å². The van der Waals surface area contributed by atoms with E-state index < -0.39 is 23.8 Å². The molecule has 0 saturated heterocycles. The Bertz CT molecular complexity index is 846. The second kappa shape index (κ2) is 12.2. The molecule has 0 nitrogen and oxygen atoms in total. The average molecular weight is 477 g/mol. The molecule has 0 N–H and O–H groups in total. The lowest BCUT2D eigenvalue weighted by molar-refractivity contribution is -0.219. The summed E-state index contributed by atoms with van der Waals surface area (Å²) in [4.78, 5) is 0. The van der Waals surface area contributed by atoms with Crippen LogP contribution in [0.3, 0.4) is 0 Å². The van der Waals surface area contributed by atoms with E-state index in [2.05, 4.69) is 19.1 Å². The first-order valence-electron chi connectivity index (χ1n) is 13.2. The molecular weight excluding hydrogens is 436 g/mol. The lowest BCUT2D eigenvalue weighted by atomic mass is 9.77. The zero-order valence-corrected chi connectivity index (χ0v) is 20.8. The first kappa shape index (κ1) is 26.8. The lowest BCUT2D eigenvalue weighted by Gasteiger charge is -2.29. The highest BCUT2D eigenvalue weighted by molar-refractivity contribution is 5.64. The normalized spacial score (nSPS) is 19.4. The molecule has 0 heterocycles. The van der Waals surface area contributed by atoms with Crippen molar-refractivity contribution >= 4 is 0 Å². The fourth-order valence-electron chi connectivity index (χ4n) is 5.32. The van der Waals surface area contributed by atoms with E-state index in [-0.39, 0.29) is 6.42 Å². The molecule has 0 atom stereocenters. The zero-order chi connectivity index (χ0) is 24.6. The van der Waals surface area contributed by atoms with Gasteiger partial charge in [-0.25, -0.2) is 0 Å². The molecule has 0 amide bonds. The molecule has 0 aliphatic heterocycles. The third kappa shape index (κ3) is 6.64. The van der Waals surface area contributed by atoms with Crippen LogP contribution >= 0.6 is 0 Å². The number of alkyl halides is 4. The van der Waals surface area contributed by atoms with Gasteiger partial charge in [-0.2, -0.15) is 17.6 Å². The van der Waals surface area contributed by atoms with Crippen LogP contribution in [0.15, 0.2) is 48.5 Å². The van der Waals surface area contributed by atoms with Crippen LogP contribution in [0.2, 0.25) is 0 Å². The van der Waals surface area contributed by atoms with Crippen molar-refractivity contribution in [3.63, 3.8) is 0 Å². The molecule has 2 aromatic carbocycles. The van der Waals surface area contributed by atoms with Gasteiger partial charge in [-0.1, -0.05) is 107 Å². The number of benzene rings is 2. The van der Waals surface area contributed by atoms with Crippen LogP contribution in [0.4, 0.5) is 17.6 Å². The van der Waals surface area contributed by atoms with Gasteiger partial charge in [0.2, 0.25) is 0 Å². The van der Waals surface area contributed by atoms with E-state index in [0.717, 1.165) is 29.2 Å². The molecule has 0 radical (unpaired) electrons. The van der Waals surface area contributed by atoms with E-state index in [0.29, 0.717) is 5.92 Å². The van der Waals surface area contributed by atoms with Gasteiger partial charge in [0.1, 0.15) is 0 Å². The summed E-state index contributed by atoms with van der Waals surface area (Å²) in [6.45, 7) is 3.74. The number of unbranched alkanes of at least 4 members (excludes halogenated alkanes) is 4. The molecule has 2 aromatic rings. The van der Waals surface area contributed by atoms with Gasteiger partial charge in [-0.05, 0) is 54.2 Å². The summed E-state index contributed by atoms with van der Waals surface area (Å²) >= 11 is 0. The van der Waals surface area contributed by atoms with Gasteiger partial charge < -0.3 is 0 Å². The van der Waals surface area contributed by atoms with E-state index in [1.807, 2.05) is 12.1 Å². The summed E-state index contributed by atoms with van der Waals surface area (Å²) in [7, 11) is 0. The molecule has 1 fully saturated rings. The largest absolute Gasteiger partial charge is 0.335 e. The molecule has 1 saturated carbocycles. The molecule has 3 rings (SSSR count). The summed E-state index contributed by atoms with van der Waals surface area (Å²) in [5, 5.41) is 0. The maximum absolute atomic E-state index is 14.3. The van der Waals surface area contributed by atoms with Crippen molar-refractivity contribution in [3.8, 4) is 11.1 Å². The minimum atomic E-state index is -4.17. The molecule has 0 aromatic heterocycles. The Hall–Kier alpha value is -1.84. The van der Waals surface area contributed by atoms with Crippen LogP contribution in [-0.2, 0) is 5.92 Å². The van der Waals surface area contributed by atoms with Crippen LogP contribution < -0.4 is 0 Å². The molecule has 34 heavy (non-hydrogen) atoms. The highest BCUT2D eigenvalue weighted by Gasteiger charge is 2.56. The predicted octanol–water partition coefficient (Wildman–Crippen LogP) is 10.5. The predicted molar refractivity (Wildman–Crippen MR) is 134 cm³/mol. The minimum Gasteiger partial charge on any atom is -0.199 e. The van der Waals surface area contributed by atoms with Gasteiger partial charge in [0.15, 0.2) is 0 Å². The van der Waals surface area contributed by atoms with E-state index in [9.17, 15) is 17.6 Å². The number of rotatable bonds is 12. The average Bonchev–Trinajstić information content (AvgIpc) is 2.84. The zero-order valence-electron chi connectivity index (χ0n) is 20.8. The van der Waals surface area contributed by atoms with Crippen LogP contribution in [0.1, 0.15) is 108 Å². The number of hydrogen-bond acceptors (Lipinski definition) is 0. The fraction of sp³-hybridized carbons (Fsp3) is 0.600. The van der Waals surface area contributed by atoms with E-state index in [1.54, 1.807) is 0 Å². The Morgan fingerprint density at radius 2 is 1.24 bits per heavy atom. The van der Waals surface area contributed by atoms with Crippen LogP contribution in [0.5, 0.6) is 0 Å². The Morgan fingerprint density at radius 3 is 1.79 bits per heavy atom. The number of halogens is 4. The molecule has 0 spiro atoms. The van der Waals surface area contributed by atoms with Crippen molar-refractivity contribution in [2.24, 2.45) is 5.92 Å². The molecule has 1 aliphatic rings. The summed E-state index contributed by atoms with van der Waals surface area (Å²) in [6.07, 6.45) is 12.4. The van der Waals surface area contributed by atoms with Crippen LogP contribution in [0.25, 0.3) is 11.1 Å². The van der Waals surface area contributed by atoms with E-state index in [4.69, 9.17) is 0 Å². The van der Waals surface area contributed by atoms with Gasteiger partial charge in [-0.15, -0.1) is 0 Å². The second-order valence-electron chi connectivity index (χ2n) is 10.1. The molecule has 0 bridgehead atoms. The van der Waals surface area contributed by atoms with Crippen molar-refractivity contribution in [1.82, 2.24) is 0 Å². The van der Waals surface area contributed by atoms with Crippen LogP contribution in [-0.4, -0.2) is 5.92 Å². The second-order valence-corrected chi connectivity index (χ2v) is 10.1. The molecule has 0 unspecified atom stereocenters. The Morgan fingerprint density at radius 1 is 0.676 bits per heavy atom. The Balaban J connectivity index is 1.55. The first-order chi connectivity index (χ1) is 16.3. The Labute approximate surface area is 203 Å². The van der Waals surface area contributed by atoms with Gasteiger partial charge >= 0.3 is 11.8 Å². The highest BCUT2D eigenvalue weighted by Crippen LogP contribution is 2.46. The Kier molecular flexibility index (Phi) is 9.62. The van der Waals surface area contributed by atoms with Gasteiger partial charge in [0.25, 0.3) is 0 Å². The van der Waals surface area contributed by atoms with Gasteiger partial charge in [0.05, 0.1) is 0 Å². The summed E-state index contributed by atoms with van der Waals surface area (Å²) in [5.74, 6) is -6.75. The highest BCUT2D eigenvalue weighted by atomic mass is 19.3. The van der Waals surface area contributed by atoms with Crippen molar-refractivity contribution in [2.75, 3.05) is 0 Å². The minimum absolute atomic E-state index is 0.00766. The lowest BCUT2D eigenvalue weighted by Crippen LogP contribution is -2.37. The van der Waals surface area contributed by atoms with E-state index >= 15 is 0 Å². The molecule has 1 aliphatic carbocycles. The molecular formula is C30H40F4. The van der Waals surface area contributed by atoms with Gasteiger partial charge in [-0.3, -0.25) is 0 Å². The summed E-state index contributed by atoms with van der Waals surface area (Å²) in [5.41, 5.74) is 2.39. The van der Waals surface area contributed by atoms with Crippen molar-refractivity contribution in [2.45, 2.75) is 109 Å². The summed E-state index contributed by atoms with van der Waals surface area (Å²) in [6, 6.07) is 13.6. The molecule has 188 valence electrons. The number of hydrogen-bond donors (Lipinski definition) is 0. The fourth-order valence-corrected chi connectivity index (χ4v) is 5.32. The third-order valence-electron chi connectivity index (χ3n) is 7.55. The third-order valence-corrected chi connectivity index (χ3v) is 7.55. The first-order valence-corrected chi connectivity index (χ1v) is 13.2. The molecule has 4 heteroatoms. The van der Waals surface area contributed by atoms with Crippen LogP contribution in [0, 0.1) is 5.92 Å². The van der Waals surface area contributed by atoms with Crippen molar-refractivity contribution in [3.05, 3.63) is 59.7 Å². The standard InChI is InChI=1S/C30H40F4/c1-3-5-6-7-8-9-23-10-12-24(13-11-23)25-14-16-26(17-15-25)27-18-20-28(21-19-27)30(33,34)29(31,32)22-4-2/h14-21,23-24H,3-13,22H2,1-2H3. The maximum atomic E-state index is 14.3. The quantitative estimate of drug-likeness (QED) is 0.211. The SMILES string of the molecule is CCCCCCCC1CCC(c2ccc(-c3ccc(C(F)(F)C(F)(F)CCC)cc3)cc2)CC1. The monoisotopic (exact) mass is 476 g/mol. The van der Waals surface area contributed by atoms with Gasteiger partial charge in [0, 0.05) is 12.0 Å². The van der Waals surface area contributed by atoms with E-state index in [1.165, 1.54) is 88.8 Å². The topological polar surface area (TPSA) is 0 Å². The maximum Gasteiger partial charge on any atom is 0.335 e. The summed E-state index contributed by atoms with van der Waals surface area (Å²) < 4.78 is 56.4. The smallest absolute Gasteiger partial charge is 0.199 e.